The topological polar surface area (TPSA) is 39.7 Å². The fourth-order valence-corrected chi connectivity index (χ4v) is 3.04. The van der Waals surface area contributed by atoms with Gasteiger partial charge in [0.2, 0.25) is 0 Å². The molecule has 0 spiro atoms. The van der Waals surface area contributed by atoms with E-state index in [-0.39, 0.29) is 24.0 Å². The number of halogens is 2. The number of piperidine rings is 1. The van der Waals surface area contributed by atoms with Crippen molar-refractivity contribution < 1.29 is 0 Å². The van der Waals surface area contributed by atoms with Crippen LogP contribution in [0, 0.1) is 5.92 Å². The summed E-state index contributed by atoms with van der Waals surface area (Å²) < 4.78 is 1.14. The van der Waals surface area contributed by atoms with Crippen molar-refractivity contribution in [1.82, 2.24) is 15.5 Å². The van der Waals surface area contributed by atoms with Gasteiger partial charge in [0, 0.05) is 43.7 Å². The summed E-state index contributed by atoms with van der Waals surface area (Å²) in [5.41, 5.74) is 1.38. The molecule has 0 aliphatic carbocycles. The van der Waals surface area contributed by atoms with Crippen LogP contribution in [0.3, 0.4) is 0 Å². The first-order valence-corrected chi connectivity index (χ1v) is 9.30. The van der Waals surface area contributed by atoms with Crippen LogP contribution in [0.4, 0.5) is 0 Å². The molecule has 1 aromatic rings. The molecule has 0 amide bonds. The molecule has 4 nitrogen and oxygen atoms in total. The van der Waals surface area contributed by atoms with E-state index in [1.54, 1.807) is 0 Å². The van der Waals surface area contributed by atoms with E-state index in [2.05, 4.69) is 74.6 Å². The molecule has 6 heteroatoms. The number of hydrogen-bond donors (Lipinski definition) is 2. The fourth-order valence-electron chi connectivity index (χ4n) is 2.77. The summed E-state index contributed by atoms with van der Waals surface area (Å²) in [6, 6.07) is 9.16. The summed E-state index contributed by atoms with van der Waals surface area (Å²) >= 11 is 3.49. The van der Waals surface area contributed by atoms with Gasteiger partial charge >= 0.3 is 0 Å². The largest absolute Gasteiger partial charge is 0.356 e. The van der Waals surface area contributed by atoms with Crippen molar-refractivity contribution in [3.05, 3.63) is 34.3 Å². The van der Waals surface area contributed by atoms with Gasteiger partial charge in [0.15, 0.2) is 5.96 Å². The molecule has 1 aliphatic rings. The van der Waals surface area contributed by atoms with Gasteiger partial charge in [-0.1, -0.05) is 41.9 Å². The van der Waals surface area contributed by atoms with Gasteiger partial charge in [-0.25, -0.2) is 0 Å². The first kappa shape index (κ1) is 21.7. The van der Waals surface area contributed by atoms with Gasteiger partial charge in [0.05, 0.1) is 0 Å². The van der Waals surface area contributed by atoms with Crippen LogP contribution in [0.2, 0.25) is 0 Å². The van der Waals surface area contributed by atoms with Crippen LogP contribution in [0.5, 0.6) is 0 Å². The monoisotopic (exact) mass is 508 g/mol. The summed E-state index contributed by atoms with van der Waals surface area (Å²) in [4.78, 5) is 6.86. The molecule has 1 saturated heterocycles. The van der Waals surface area contributed by atoms with Crippen LogP contribution in [0.15, 0.2) is 33.7 Å². The summed E-state index contributed by atoms with van der Waals surface area (Å²) in [7, 11) is 1.85. The van der Waals surface area contributed by atoms with Crippen LogP contribution in [-0.2, 0) is 6.54 Å². The highest BCUT2D eigenvalue weighted by Gasteiger charge is 2.20. The van der Waals surface area contributed by atoms with Crippen molar-refractivity contribution in [1.29, 1.82) is 0 Å². The van der Waals surface area contributed by atoms with E-state index in [4.69, 9.17) is 0 Å². The van der Waals surface area contributed by atoms with Gasteiger partial charge in [-0.05, 0) is 36.5 Å². The van der Waals surface area contributed by atoms with Gasteiger partial charge < -0.3 is 10.6 Å². The Morgan fingerprint density at radius 2 is 1.88 bits per heavy atom. The average Bonchev–Trinajstić information content (AvgIpc) is 2.55. The molecule has 0 aromatic heterocycles. The Bertz CT molecular complexity index is 496. The SMILES string of the molecule is CN=C(NCC(C)C)NC1CCN(Cc2ccc(Br)cc2)CC1.I. The number of nitrogens with zero attached hydrogens (tertiary/aromatic N) is 2. The van der Waals surface area contributed by atoms with E-state index in [0.717, 1.165) is 36.6 Å². The minimum absolute atomic E-state index is 0. The number of nitrogens with one attached hydrogen (secondary N) is 2. The van der Waals surface area contributed by atoms with E-state index in [1.165, 1.54) is 18.4 Å². The molecule has 0 radical (unpaired) electrons. The highest BCUT2D eigenvalue weighted by atomic mass is 127. The Morgan fingerprint density at radius 3 is 2.42 bits per heavy atom. The molecular formula is C18H30BrIN4. The zero-order valence-electron chi connectivity index (χ0n) is 14.9. The Hall–Kier alpha value is -0.340. The smallest absolute Gasteiger partial charge is 0.191 e. The van der Waals surface area contributed by atoms with Gasteiger partial charge in [-0.2, -0.15) is 0 Å². The Labute approximate surface area is 172 Å². The highest BCUT2D eigenvalue weighted by Crippen LogP contribution is 2.16. The second-order valence-electron chi connectivity index (χ2n) is 6.67. The number of aliphatic imine (C=N–C) groups is 1. The van der Waals surface area contributed by atoms with Crippen LogP contribution in [0.1, 0.15) is 32.3 Å². The number of benzene rings is 1. The predicted octanol–water partition coefficient (Wildman–Crippen LogP) is 3.85. The lowest BCUT2D eigenvalue weighted by atomic mass is 10.0. The highest BCUT2D eigenvalue weighted by molar-refractivity contribution is 14.0. The van der Waals surface area contributed by atoms with E-state index in [1.807, 2.05) is 7.05 Å². The number of rotatable bonds is 5. The van der Waals surface area contributed by atoms with E-state index >= 15 is 0 Å². The third-order valence-corrected chi connectivity index (χ3v) is 4.68. The van der Waals surface area contributed by atoms with Crippen molar-refractivity contribution in [2.75, 3.05) is 26.7 Å². The molecule has 0 saturated carbocycles. The molecule has 24 heavy (non-hydrogen) atoms. The van der Waals surface area contributed by atoms with Crippen molar-refractivity contribution >= 4 is 45.9 Å². The standard InChI is InChI=1S/C18H29BrN4.HI/c1-14(2)12-21-18(20-3)22-17-8-10-23(11-9-17)13-15-4-6-16(19)7-5-15;/h4-7,14,17H,8-13H2,1-3H3,(H2,20,21,22);1H. The van der Waals surface area contributed by atoms with Gasteiger partial charge in [-0.3, -0.25) is 9.89 Å². The summed E-state index contributed by atoms with van der Waals surface area (Å²) in [6.07, 6.45) is 2.33. The second kappa shape index (κ2) is 11.3. The molecular weight excluding hydrogens is 479 g/mol. The Kier molecular flexibility index (Phi) is 10.2. The maximum absolute atomic E-state index is 4.33. The molecule has 0 unspecified atom stereocenters. The number of likely N-dealkylation sites (tertiary alicyclic amines) is 1. The van der Waals surface area contributed by atoms with Crippen molar-refractivity contribution in [2.24, 2.45) is 10.9 Å². The summed E-state index contributed by atoms with van der Waals surface area (Å²) in [5.74, 6) is 1.56. The van der Waals surface area contributed by atoms with Crippen LogP contribution in [-0.4, -0.2) is 43.6 Å². The Balaban J connectivity index is 0.00000288. The van der Waals surface area contributed by atoms with Crippen LogP contribution < -0.4 is 10.6 Å². The third-order valence-electron chi connectivity index (χ3n) is 4.15. The normalized spacial score (nSPS) is 16.8. The maximum Gasteiger partial charge on any atom is 0.191 e. The number of guanidine groups is 1. The zero-order chi connectivity index (χ0) is 16.7. The first-order chi connectivity index (χ1) is 11.1. The van der Waals surface area contributed by atoms with E-state index in [9.17, 15) is 0 Å². The van der Waals surface area contributed by atoms with Crippen molar-refractivity contribution in [3.8, 4) is 0 Å². The van der Waals surface area contributed by atoms with E-state index < -0.39 is 0 Å². The lowest BCUT2D eigenvalue weighted by Crippen LogP contribution is -2.49. The third kappa shape index (κ3) is 7.70. The van der Waals surface area contributed by atoms with Crippen LogP contribution in [0.25, 0.3) is 0 Å². The van der Waals surface area contributed by atoms with Gasteiger partial charge in [0.1, 0.15) is 0 Å². The molecule has 2 N–H and O–H groups in total. The first-order valence-electron chi connectivity index (χ1n) is 8.51. The molecule has 1 fully saturated rings. The number of hydrogen-bond acceptors (Lipinski definition) is 2. The van der Waals surface area contributed by atoms with E-state index in [0.29, 0.717) is 12.0 Å². The molecule has 1 aliphatic heterocycles. The lowest BCUT2D eigenvalue weighted by molar-refractivity contribution is 0.198. The molecule has 136 valence electrons. The molecule has 1 aromatic carbocycles. The second-order valence-corrected chi connectivity index (χ2v) is 7.58. The lowest BCUT2D eigenvalue weighted by Gasteiger charge is -2.33. The minimum Gasteiger partial charge on any atom is -0.356 e. The molecule has 1 heterocycles. The minimum atomic E-state index is 0. The molecule has 0 atom stereocenters. The van der Waals surface area contributed by atoms with Gasteiger partial charge in [0.25, 0.3) is 0 Å². The van der Waals surface area contributed by atoms with Crippen LogP contribution >= 0.6 is 39.9 Å². The fraction of sp³-hybridized carbons (Fsp3) is 0.611. The summed E-state index contributed by atoms with van der Waals surface area (Å²) in [5, 5.41) is 6.95. The molecule has 2 rings (SSSR count). The predicted molar refractivity (Wildman–Crippen MR) is 117 cm³/mol. The average molecular weight is 509 g/mol. The quantitative estimate of drug-likeness (QED) is 0.360. The zero-order valence-corrected chi connectivity index (χ0v) is 18.8. The van der Waals surface area contributed by atoms with Crippen molar-refractivity contribution in [2.45, 2.75) is 39.3 Å². The maximum atomic E-state index is 4.33. The van der Waals surface area contributed by atoms with Crippen molar-refractivity contribution in [3.63, 3.8) is 0 Å². The summed E-state index contributed by atoms with van der Waals surface area (Å²) in [6.45, 7) is 8.69. The Morgan fingerprint density at radius 1 is 1.25 bits per heavy atom. The molecule has 0 bridgehead atoms. The van der Waals surface area contributed by atoms with Gasteiger partial charge in [-0.15, -0.1) is 24.0 Å².